The summed E-state index contributed by atoms with van der Waals surface area (Å²) in [6, 6.07) is 10.3. The molecule has 104 valence electrons. The summed E-state index contributed by atoms with van der Waals surface area (Å²) in [5, 5.41) is 1.80. The number of fused-ring (bicyclic) bond motifs is 1. The summed E-state index contributed by atoms with van der Waals surface area (Å²) in [7, 11) is -4.11. The number of benzene rings is 2. The highest BCUT2D eigenvalue weighted by atomic mass is 32.2. The molecule has 0 atom stereocenters. The predicted molar refractivity (Wildman–Crippen MR) is 79.0 cm³/mol. The van der Waals surface area contributed by atoms with Crippen LogP contribution < -0.4 is 0 Å². The summed E-state index contributed by atoms with van der Waals surface area (Å²) >= 11 is 0. The van der Waals surface area contributed by atoms with Gasteiger partial charge in [0.05, 0.1) is 4.90 Å². The van der Waals surface area contributed by atoms with E-state index in [1.54, 1.807) is 6.07 Å². The van der Waals surface area contributed by atoms with E-state index in [0.29, 0.717) is 0 Å². The fourth-order valence-corrected chi connectivity index (χ4v) is 2.08. The van der Waals surface area contributed by atoms with Gasteiger partial charge in [0, 0.05) is 0 Å². The van der Waals surface area contributed by atoms with Crippen LogP contribution >= 0.6 is 0 Å². The van der Waals surface area contributed by atoms with Gasteiger partial charge in [-0.25, -0.2) is 0 Å². The standard InChI is InChI=1S/C11H10O3S.C4H10/c1-8-3-2-4-9-5-6-10(7-11(8)9)15(12,13)14;1-4(2)3/h2-7H,1H3,(H,12,13,14);4H,1-3H3. The number of hydrogen-bond donors (Lipinski definition) is 1. The molecule has 0 fully saturated rings. The minimum Gasteiger partial charge on any atom is -0.282 e. The Balaban J connectivity index is 0.000000399. The van der Waals surface area contributed by atoms with Crippen LogP contribution in [-0.4, -0.2) is 13.0 Å². The second kappa shape index (κ2) is 6.17. The molecule has 2 aromatic carbocycles. The van der Waals surface area contributed by atoms with Crippen molar-refractivity contribution < 1.29 is 13.0 Å². The second-order valence-corrected chi connectivity index (χ2v) is 6.59. The van der Waals surface area contributed by atoms with E-state index < -0.39 is 10.1 Å². The van der Waals surface area contributed by atoms with Gasteiger partial charge in [-0.1, -0.05) is 45.0 Å². The molecule has 0 aromatic heterocycles. The van der Waals surface area contributed by atoms with E-state index in [0.717, 1.165) is 22.3 Å². The van der Waals surface area contributed by atoms with Crippen molar-refractivity contribution in [2.45, 2.75) is 32.6 Å². The van der Waals surface area contributed by atoms with Crippen molar-refractivity contribution in [1.82, 2.24) is 0 Å². The molecule has 2 aromatic rings. The molecule has 0 aliphatic rings. The average molecular weight is 280 g/mol. The van der Waals surface area contributed by atoms with Gasteiger partial charge in [0.25, 0.3) is 10.1 Å². The summed E-state index contributed by atoms with van der Waals surface area (Å²) in [4.78, 5) is -0.0655. The summed E-state index contributed by atoms with van der Waals surface area (Å²) in [6.45, 7) is 8.40. The largest absolute Gasteiger partial charge is 0.294 e. The average Bonchev–Trinajstić information content (AvgIpc) is 2.27. The van der Waals surface area contributed by atoms with Gasteiger partial charge in [0.15, 0.2) is 0 Å². The van der Waals surface area contributed by atoms with Crippen LogP contribution in [0.5, 0.6) is 0 Å². The summed E-state index contributed by atoms with van der Waals surface area (Å²) in [5.41, 5.74) is 0.984. The van der Waals surface area contributed by atoms with Crippen molar-refractivity contribution in [1.29, 1.82) is 0 Å². The van der Waals surface area contributed by atoms with Crippen LogP contribution in [0.4, 0.5) is 0 Å². The van der Waals surface area contributed by atoms with E-state index in [1.807, 2.05) is 25.1 Å². The van der Waals surface area contributed by atoms with E-state index in [1.165, 1.54) is 12.1 Å². The maximum atomic E-state index is 10.9. The predicted octanol–water partition coefficient (Wildman–Crippen LogP) is 4.06. The zero-order valence-electron chi connectivity index (χ0n) is 11.7. The summed E-state index contributed by atoms with van der Waals surface area (Å²) < 4.78 is 30.8. The fourth-order valence-electron chi connectivity index (χ4n) is 1.57. The van der Waals surface area contributed by atoms with Gasteiger partial charge in [0.1, 0.15) is 0 Å². The first-order chi connectivity index (χ1) is 8.71. The molecule has 0 aliphatic carbocycles. The first-order valence-electron chi connectivity index (χ1n) is 6.18. The van der Waals surface area contributed by atoms with Gasteiger partial charge < -0.3 is 0 Å². The highest BCUT2D eigenvalue weighted by molar-refractivity contribution is 7.85. The van der Waals surface area contributed by atoms with Gasteiger partial charge in [-0.2, -0.15) is 8.42 Å². The third kappa shape index (κ3) is 4.65. The van der Waals surface area contributed by atoms with E-state index in [9.17, 15) is 8.42 Å². The zero-order chi connectivity index (χ0) is 14.6. The smallest absolute Gasteiger partial charge is 0.282 e. The van der Waals surface area contributed by atoms with E-state index >= 15 is 0 Å². The Labute approximate surface area is 115 Å². The van der Waals surface area contributed by atoms with Crippen molar-refractivity contribution in [3.8, 4) is 0 Å². The lowest BCUT2D eigenvalue weighted by molar-refractivity contribution is 0.483. The van der Waals surface area contributed by atoms with E-state index in [-0.39, 0.29) is 4.90 Å². The fraction of sp³-hybridized carbons (Fsp3) is 0.333. The third-order valence-electron chi connectivity index (χ3n) is 2.37. The molecule has 0 aliphatic heterocycles. The first kappa shape index (κ1) is 15.7. The molecule has 0 saturated heterocycles. The highest BCUT2D eigenvalue weighted by Crippen LogP contribution is 2.21. The maximum Gasteiger partial charge on any atom is 0.294 e. The molecule has 0 unspecified atom stereocenters. The van der Waals surface area contributed by atoms with Gasteiger partial charge in [-0.15, -0.1) is 0 Å². The van der Waals surface area contributed by atoms with Crippen molar-refractivity contribution in [2.24, 2.45) is 5.92 Å². The molecule has 19 heavy (non-hydrogen) atoms. The third-order valence-corrected chi connectivity index (χ3v) is 3.22. The van der Waals surface area contributed by atoms with Gasteiger partial charge in [-0.05, 0) is 41.3 Å². The van der Waals surface area contributed by atoms with Crippen molar-refractivity contribution in [2.75, 3.05) is 0 Å². The topological polar surface area (TPSA) is 54.4 Å². The highest BCUT2D eigenvalue weighted by Gasteiger charge is 2.09. The molecule has 1 N–H and O–H groups in total. The quantitative estimate of drug-likeness (QED) is 0.801. The minimum atomic E-state index is -4.11. The minimum absolute atomic E-state index is 0.0655. The van der Waals surface area contributed by atoms with Crippen LogP contribution in [0.3, 0.4) is 0 Å². The molecule has 0 heterocycles. The van der Waals surface area contributed by atoms with Crippen molar-refractivity contribution >= 4 is 20.9 Å². The van der Waals surface area contributed by atoms with Crippen LogP contribution in [0.1, 0.15) is 26.3 Å². The van der Waals surface area contributed by atoms with Gasteiger partial charge in [0.2, 0.25) is 0 Å². The summed E-state index contributed by atoms with van der Waals surface area (Å²) in [5.74, 6) is 0.833. The molecule has 0 spiro atoms. The van der Waals surface area contributed by atoms with Crippen LogP contribution in [0.25, 0.3) is 10.8 Å². The molecule has 3 nitrogen and oxygen atoms in total. The Kier molecular flexibility index (Phi) is 5.09. The normalized spacial score (nSPS) is 11.3. The first-order valence-corrected chi connectivity index (χ1v) is 7.62. The van der Waals surface area contributed by atoms with Crippen LogP contribution in [0.15, 0.2) is 41.3 Å². The monoisotopic (exact) mass is 280 g/mol. The molecule has 4 heteroatoms. The zero-order valence-corrected chi connectivity index (χ0v) is 12.5. The molecule has 0 saturated carbocycles. The number of hydrogen-bond acceptors (Lipinski definition) is 2. The second-order valence-electron chi connectivity index (χ2n) is 5.16. The maximum absolute atomic E-state index is 10.9. The van der Waals surface area contributed by atoms with E-state index in [2.05, 4.69) is 20.8 Å². The molecule has 0 bridgehead atoms. The van der Waals surface area contributed by atoms with Crippen LogP contribution in [-0.2, 0) is 10.1 Å². The molecular weight excluding hydrogens is 260 g/mol. The van der Waals surface area contributed by atoms with Crippen molar-refractivity contribution in [3.63, 3.8) is 0 Å². The Morgan fingerprint density at radius 3 is 2.16 bits per heavy atom. The Morgan fingerprint density at radius 2 is 1.63 bits per heavy atom. The van der Waals surface area contributed by atoms with Gasteiger partial charge >= 0.3 is 0 Å². The van der Waals surface area contributed by atoms with Crippen LogP contribution in [0, 0.1) is 12.8 Å². The molecule has 0 radical (unpaired) electrons. The molecule has 0 amide bonds. The van der Waals surface area contributed by atoms with Gasteiger partial charge in [-0.3, -0.25) is 4.55 Å². The SMILES string of the molecule is CC(C)C.Cc1cccc2ccc(S(=O)(=O)O)cc12. The Hall–Kier alpha value is -1.39. The lowest BCUT2D eigenvalue weighted by Gasteiger charge is -2.03. The van der Waals surface area contributed by atoms with Crippen LogP contribution in [0.2, 0.25) is 0 Å². The Bertz CT molecular complexity index is 655. The lowest BCUT2D eigenvalue weighted by Crippen LogP contribution is -1.97. The summed E-state index contributed by atoms with van der Waals surface area (Å²) in [6.07, 6.45) is 0. The lowest BCUT2D eigenvalue weighted by atomic mass is 10.1. The molecular formula is C15H20O3S. The molecule has 2 rings (SSSR count). The van der Waals surface area contributed by atoms with E-state index in [4.69, 9.17) is 4.55 Å². The number of rotatable bonds is 1. The Morgan fingerprint density at radius 1 is 1.05 bits per heavy atom. The number of aryl methyl sites for hydroxylation is 1. The van der Waals surface area contributed by atoms with Crippen molar-refractivity contribution in [3.05, 3.63) is 42.0 Å².